The topological polar surface area (TPSA) is 93.2 Å². The van der Waals surface area contributed by atoms with Crippen LogP contribution in [0.3, 0.4) is 0 Å². The van der Waals surface area contributed by atoms with E-state index in [9.17, 15) is 27.2 Å². The van der Waals surface area contributed by atoms with E-state index in [0.717, 1.165) is 0 Å². The highest BCUT2D eigenvalue weighted by Gasteiger charge is 2.62. The number of nitrogens with one attached hydrogen (secondary N) is 1. The van der Waals surface area contributed by atoms with Crippen LogP contribution in [-0.2, 0) is 13.1 Å². The summed E-state index contributed by atoms with van der Waals surface area (Å²) in [6, 6.07) is 5.72. The molecule has 0 atom stereocenters. The first-order chi connectivity index (χ1) is 14.5. The Morgan fingerprint density at radius 3 is 2.52 bits per heavy atom. The lowest BCUT2D eigenvalue weighted by molar-refractivity contribution is -0.173. The van der Waals surface area contributed by atoms with E-state index in [2.05, 4.69) is 10.4 Å². The number of aromatic nitrogens is 2. The molecule has 3 amide bonds. The fourth-order valence-corrected chi connectivity index (χ4v) is 4.24. The first-order valence-electron chi connectivity index (χ1n) is 9.40. The van der Waals surface area contributed by atoms with Crippen molar-refractivity contribution in [2.45, 2.75) is 43.8 Å². The lowest BCUT2D eigenvalue weighted by Crippen LogP contribution is -2.68. The van der Waals surface area contributed by atoms with E-state index in [0.29, 0.717) is 16.3 Å². The SMILES string of the molecule is NC(=O)c1c(-c2cccc(Cl)c2)nn2c1CN(C(=O)NC1(C(F)F)CC(F)(F)C1)CC2. The molecule has 0 saturated heterocycles. The van der Waals surface area contributed by atoms with Crippen LogP contribution >= 0.6 is 11.6 Å². The van der Waals surface area contributed by atoms with Gasteiger partial charge in [-0.25, -0.2) is 22.4 Å². The van der Waals surface area contributed by atoms with Gasteiger partial charge in [0.15, 0.2) is 0 Å². The molecule has 1 aromatic carbocycles. The monoisotopic (exact) mass is 459 g/mol. The average Bonchev–Trinajstić information content (AvgIpc) is 3.05. The van der Waals surface area contributed by atoms with Crippen molar-refractivity contribution >= 4 is 23.5 Å². The number of hydrogen-bond acceptors (Lipinski definition) is 3. The van der Waals surface area contributed by atoms with Gasteiger partial charge in [0, 0.05) is 30.0 Å². The molecular formula is C19H18ClF4N5O2. The normalized spacial score (nSPS) is 19.0. The second kappa shape index (κ2) is 7.40. The third-order valence-electron chi connectivity index (χ3n) is 5.53. The van der Waals surface area contributed by atoms with Crippen LogP contribution in [-0.4, -0.2) is 51.1 Å². The van der Waals surface area contributed by atoms with Crippen molar-refractivity contribution in [2.75, 3.05) is 6.54 Å². The van der Waals surface area contributed by atoms with Crippen molar-refractivity contribution in [3.05, 3.63) is 40.5 Å². The fraction of sp³-hybridized carbons (Fsp3) is 0.421. The van der Waals surface area contributed by atoms with Crippen LogP contribution in [0, 0.1) is 0 Å². The first kappa shape index (κ1) is 21.4. The maximum atomic E-state index is 13.4. The number of carbonyl (C=O) groups is 2. The fourth-order valence-electron chi connectivity index (χ4n) is 4.05. The van der Waals surface area contributed by atoms with Crippen molar-refractivity contribution < 1.29 is 27.2 Å². The van der Waals surface area contributed by atoms with Gasteiger partial charge in [-0.3, -0.25) is 9.48 Å². The van der Waals surface area contributed by atoms with Gasteiger partial charge in [-0.15, -0.1) is 0 Å². The van der Waals surface area contributed by atoms with Gasteiger partial charge in [-0.1, -0.05) is 23.7 Å². The van der Waals surface area contributed by atoms with Gasteiger partial charge < -0.3 is 16.0 Å². The number of amides is 3. The zero-order chi connectivity index (χ0) is 22.6. The minimum absolute atomic E-state index is 0.0820. The zero-order valence-corrected chi connectivity index (χ0v) is 16.8. The van der Waals surface area contributed by atoms with E-state index in [1.54, 1.807) is 24.3 Å². The molecule has 1 fully saturated rings. The summed E-state index contributed by atoms with van der Waals surface area (Å²) < 4.78 is 54.8. The van der Waals surface area contributed by atoms with Crippen molar-refractivity contribution in [1.82, 2.24) is 20.0 Å². The molecule has 0 unspecified atom stereocenters. The van der Waals surface area contributed by atoms with E-state index in [-0.39, 0.29) is 30.9 Å². The Morgan fingerprint density at radius 1 is 1.23 bits per heavy atom. The summed E-state index contributed by atoms with van der Waals surface area (Å²) in [4.78, 5) is 25.9. The van der Waals surface area contributed by atoms with Gasteiger partial charge in [-0.05, 0) is 12.1 Å². The van der Waals surface area contributed by atoms with E-state index in [4.69, 9.17) is 17.3 Å². The number of carbonyl (C=O) groups excluding carboxylic acids is 2. The average molecular weight is 460 g/mol. The molecule has 7 nitrogen and oxygen atoms in total. The Bertz CT molecular complexity index is 1050. The number of nitrogens with zero attached hydrogens (tertiary/aromatic N) is 3. The number of rotatable bonds is 4. The Labute approximate surface area is 179 Å². The molecule has 166 valence electrons. The second-order valence-electron chi connectivity index (χ2n) is 7.79. The Kier molecular flexibility index (Phi) is 5.11. The third-order valence-corrected chi connectivity index (χ3v) is 5.77. The molecule has 1 aromatic heterocycles. The molecule has 2 heterocycles. The summed E-state index contributed by atoms with van der Waals surface area (Å²) in [5, 5.41) is 6.91. The molecule has 0 bridgehead atoms. The van der Waals surface area contributed by atoms with Crippen molar-refractivity contribution in [2.24, 2.45) is 5.73 Å². The molecule has 2 aromatic rings. The lowest BCUT2D eigenvalue weighted by atomic mass is 9.73. The van der Waals surface area contributed by atoms with Crippen LogP contribution in [0.25, 0.3) is 11.3 Å². The largest absolute Gasteiger partial charge is 0.365 e. The zero-order valence-electron chi connectivity index (χ0n) is 16.0. The standard InChI is InChI=1S/C19H18ClF4N5O2/c20-11-3-1-2-10(6-11)14-13(15(25)30)12-7-28(4-5-29(12)27-14)17(31)26-18(16(21)22)8-19(23,24)9-18/h1-3,6,16H,4-5,7-9H2,(H2,25,30)(H,26,31). The quantitative estimate of drug-likeness (QED) is 0.687. The molecule has 12 heteroatoms. The number of nitrogens with two attached hydrogens (primary N) is 1. The number of halogens is 5. The Hall–Kier alpha value is -2.82. The van der Waals surface area contributed by atoms with Crippen molar-refractivity contribution in [3.8, 4) is 11.3 Å². The summed E-state index contributed by atoms with van der Waals surface area (Å²) in [7, 11) is 0. The number of primary amides is 1. The Morgan fingerprint density at radius 2 is 1.94 bits per heavy atom. The smallest absolute Gasteiger partial charge is 0.318 e. The van der Waals surface area contributed by atoms with Crippen LogP contribution in [0.2, 0.25) is 5.02 Å². The molecule has 0 spiro atoms. The summed E-state index contributed by atoms with van der Waals surface area (Å²) in [5.74, 6) is -4.02. The van der Waals surface area contributed by atoms with Gasteiger partial charge in [0.2, 0.25) is 0 Å². The van der Waals surface area contributed by atoms with Crippen LogP contribution in [0.5, 0.6) is 0 Å². The highest BCUT2D eigenvalue weighted by molar-refractivity contribution is 6.30. The van der Waals surface area contributed by atoms with Crippen molar-refractivity contribution in [3.63, 3.8) is 0 Å². The van der Waals surface area contributed by atoms with Gasteiger partial charge in [-0.2, -0.15) is 5.10 Å². The highest BCUT2D eigenvalue weighted by atomic mass is 35.5. The summed E-state index contributed by atoms with van der Waals surface area (Å²) in [6.07, 6.45) is -5.39. The molecule has 1 aliphatic heterocycles. The first-order valence-corrected chi connectivity index (χ1v) is 9.78. The van der Waals surface area contributed by atoms with Crippen LogP contribution < -0.4 is 11.1 Å². The maximum Gasteiger partial charge on any atom is 0.318 e. The predicted octanol–water partition coefficient (Wildman–Crippen LogP) is 3.26. The maximum absolute atomic E-state index is 13.4. The van der Waals surface area contributed by atoms with Gasteiger partial charge in [0.25, 0.3) is 18.3 Å². The van der Waals surface area contributed by atoms with Crippen molar-refractivity contribution in [1.29, 1.82) is 0 Å². The highest BCUT2D eigenvalue weighted by Crippen LogP contribution is 2.48. The van der Waals surface area contributed by atoms with E-state index < -0.39 is 42.7 Å². The van der Waals surface area contributed by atoms with E-state index in [1.165, 1.54) is 9.58 Å². The summed E-state index contributed by atoms with van der Waals surface area (Å²) >= 11 is 6.02. The lowest BCUT2D eigenvalue weighted by Gasteiger charge is -2.47. The predicted molar refractivity (Wildman–Crippen MR) is 103 cm³/mol. The van der Waals surface area contributed by atoms with Crippen LogP contribution in [0.4, 0.5) is 22.4 Å². The molecule has 1 saturated carbocycles. The van der Waals surface area contributed by atoms with Gasteiger partial charge >= 0.3 is 6.03 Å². The van der Waals surface area contributed by atoms with Crippen LogP contribution in [0.1, 0.15) is 28.9 Å². The molecule has 31 heavy (non-hydrogen) atoms. The molecule has 3 N–H and O–H groups in total. The number of alkyl halides is 4. The molecule has 0 radical (unpaired) electrons. The van der Waals surface area contributed by atoms with Gasteiger partial charge in [0.05, 0.1) is 24.3 Å². The minimum atomic E-state index is -3.24. The van der Waals surface area contributed by atoms with Gasteiger partial charge in [0.1, 0.15) is 11.2 Å². The minimum Gasteiger partial charge on any atom is -0.365 e. The third kappa shape index (κ3) is 3.82. The van der Waals surface area contributed by atoms with E-state index >= 15 is 0 Å². The number of benzene rings is 1. The second-order valence-corrected chi connectivity index (χ2v) is 8.22. The van der Waals surface area contributed by atoms with E-state index in [1.807, 2.05) is 0 Å². The van der Waals surface area contributed by atoms with Crippen LogP contribution in [0.15, 0.2) is 24.3 Å². The Balaban J connectivity index is 1.60. The number of hydrogen-bond donors (Lipinski definition) is 2. The number of urea groups is 1. The molecule has 2 aliphatic rings. The molecule has 1 aliphatic carbocycles. The summed E-state index contributed by atoms with van der Waals surface area (Å²) in [6.45, 7) is 0.109. The summed E-state index contributed by atoms with van der Waals surface area (Å²) in [5.41, 5.74) is 4.53. The molecular weight excluding hydrogens is 442 g/mol. The number of fused-ring (bicyclic) bond motifs is 1. The molecule has 4 rings (SSSR count).